The van der Waals surface area contributed by atoms with E-state index in [0.29, 0.717) is 17.3 Å². The van der Waals surface area contributed by atoms with Gasteiger partial charge in [0, 0.05) is 17.1 Å². The van der Waals surface area contributed by atoms with Crippen LogP contribution in [0.4, 0.5) is 4.79 Å². The monoisotopic (exact) mass is 214 g/mol. The number of nitrogens with two attached hydrogens (primary N) is 1. The maximum atomic E-state index is 10.5. The standard InChI is InChI=1S/C9H11ClN2O2/c1-14-8-3-2-7(10)4-6(8)5-12-9(11)13/h2-4H,5H2,1H3,(H3,11,12,13). The van der Waals surface area contributed by atoms with Gasteiger partial charge in [-0.1, -0.05) is 11.6 Å². The number of methoxy groups -OCH3 is 1. The molecule has 0 saturated heterocycles. The number of carbonyl (C=O) groups is 1. The molecule has 1 aromatic carbocycles. The summed E-state index contributed by atoms with van der Waals surface area (Å²) in [5, 5.41) is 3.05. The third-order valence-electron chi connectivity index (χ3n) is 1.70. The van der Waals surface area contributed by atoms with E-state index < -0.39 is 6.03 Å². The summed E-state index contributed by atoms with van der Waals surface area (Å²) in [5.41, 5.74) is 5.74. The molecule has 4 nitrogen and oxygen atoms in total. The predicted molar refractivity (Wildman–Crippen MR) is 54.4 cm³/mol. The number of urea groups is 1. The number of amides is 2. The minimum absolute atomic E-state index is 0.305. The lowest BCUT2D eigenvalue weighted by Gasteiger charge is -2.08. The third kappa shape index (κ3) is 2.81. The minimum atomic E-state index is -0.577. The fourth-order valence-corrected chi connectivity index (χ4v) is 1.26. The highest BCUT2D eigenvalue weighted by atomic mass is 35.5. The summed E-state index contributed by atoms with van der Waals surface area (Å²) < 4.78 is 5.08. The number of primary amides is 1. The van der Waals surface area contributed by atoms with Gasteiger partial charge in [0.05, 0.1) is 7.11 Å². The Balaban J connectivity index is 2.82. The number of nitrogens with one attached hydrogen (secondary N) is 1. The zero-order valence-electron chi connectivity index (χ0n) is 7.71. The lowest BCUT2D eigenvalue weighted by Crippen LogP contribution is -2.28. The first-order chi connectivity index (χ1) is 6.63. The molecule has 76 valence electrons. The first-order valence-electron chi connectivity index (χ1n) is 3.99. The molecule has 5 heteroatoms. The molecule has 2 amide bonds. The Morgan fingerprint density at radius 3 is 2.93 bits per heavy atom. The van der Waals surface area contributed by atoms with E-state index in [9.17, 15) is 4.79 Å². The molecular weight excluding hydrogens is 204 g/mol. The van der Waals surface area contributed by atoms with Crippen LogP contribution < -0.4 is 15.8 Å². The lowest BCUT2D eigenvalue weighted by atomic mass is 10.2. The fourth-order valence-electron chi connectivity index (χ4n) is 1.07. The van der Waals surface area contributed by atoms with E-state index in [4.69, 9.17) is 22.1 Å². The second-order valence-corrected chi connectivity index (χ2v) is 3.11. The number of hydrogen-bond acceptors (Lipinski definition) is 2. The third-order valence-corrected chi connectivity index (χ3v) is 1.93. The summed E-state index contributed by atoms with van der Waals surface area (Å²) in [6.45, 7) is 0.305. The first-order valence-corrected chi connectivity index (χ1v) is 4.37. The summed E-state index contributed by atoms with van der Waals surface area (Å²) in [7, 11) is 1.55. The zero-order chi connectivity index (χ0) is 10.6. The average molecular weight is 215 g/mol. The molecule has 0 bridgehead atoms. The molecule has 0 heterocycles. The van der Waals surface area contributed by atoms with Crippen molar-refractivity contribution in [2.45, 2.75) is 6.54 Å². The molecule has 0 atom stereocenters. The van der Waals surface area contributed by atoms with E-state index in [0.717, 1.165) is 5.56 Å². The predicted octanol–water partition coefficient (Wildman–Crippen LogP) is 1.52. The van der Waals surface area contributed by atoms with Gasteiger partial charge in [-0.15, -0.1) is 0 Å². The second-order valence-electron chi connectivity index (χ2n) is 2.67. The van der Waals surface area contributed by atoms with Crippen molar-refractivity contribution in [1.82, 2.24) is 5.32 Å². The largest absolute Gasteiger partial charge is 0.496 e. The summed E-state index contributed by atoms with van der Waals surface area (Å²) in [6, 6.07) is 4.59. The van der Waals surface area contributed by atoms with Crippen LogP contribution in [0.1, 0.15) is 5.56 Å². The van der Waals surface area contributed by atoms with Gasteiger partial charge >= 0.3 is 6.03 Å². The molecule has 0 fully saturated rings. The SMILES string of the molecule is COc1ccc(Cl)cc1CNC(N)=O. The highest BCUT2D eigenvalue weighted by Gasteiger charge is 2.04. The highest BCUT2D eigenvalue weighted by Crippen LogP contribution is 2.22. The van der Waals surface area contributed by atoms with Crippen molar-refractivity contribution in [3.05, 3.63) is 28.8 Å². The van der Waals surface area contributed by atoms with Crippen LogP contribution in [-0.2, 0) is 6.54 Å². The van der Waals surface area contributed by atoms with Gasteiger partial charge < -0.3 is 15.8 Å². The molecule has 0 saturated carbocycles. The number of halogens is 1. The van der Waals surface area contributed by atoms with Gasteiger partial charge in [0.15, 0.2) is 0 Å². The number of benzene rings is 1. The molecule has 0 aromatic heterocycles. The topological polar surface area (TPSA) is 64.3 Å². The minimum Gasteiger partial charge on any atom is -0.496 e. The van der Waals surface area contributed by atoms with Gasteiger partial charge in [0.1, 0.15) is 5.75 Å². The van der Waals surface area contributed by atoms with Gasteiger partial charge in [-0.05, 0) is 18.2 Å². The van der Waals surface area contributed by atoms with Crippen molar-refractivity contribution in [2.75, 3.05) is 7.11 Å². The lowest BCUT2D eigenvalue weighted by molar-refractivity contribution is 0.248. The average Bonchev–Trinajstić information content (AvgIpc) is 2.15. The van der Waals surface area contributed by atoms with E-state index in [1.165, 1.54) is 0 Å². The number of carbonyl (C=O) groups excluding carboxylic acids is 1. The number of rotatable bonds is 3. The molecule has 14 heavy (non-hydrogen) atoms. The van der Waals surface area contributed by atoms with Crippen molar-refractivity contribution in [2.24, 2.45) is 5.73 Å². The van der Waals surface area contributed by atoms with Crippen molar-refractivity contribution < 1.29 is 9.53 Å². The van der Waals surface area contributed by atoms with Crippen LogP contribution in [0.2, 0.25) is 5.02 Å². The maximum absolute atomic E-state index is 10.5. The molecule has 3 N–H and O–H groups in total. The molecule has 1 rings (SSSR count). The number of hydrogen-bond donors (Lipinski definition) is 2. The quantitative estimate of drug-likeness (QED) is 0.801. The summed E-state index contributed by atoms with van der Waals surface area (Å²) in [4.78, 5) is 10.5. The van der Waals surface area contributed by atoms with Gasteiger partial charge in [0.25, 0.3) is 0 Å². The van der Waals surface area contributed by atoms with Gasteiger partial charge in [0.2, 0.25) is 0 Å². The van der Waals surface area contributed by atoms with Crippen molar-refractivity contribution in [3.8, 4) is 5.75 Å². The van der Waals surface area contributed by atoms with Crippen LogP contribution in [0, 0.1) is 0 Å². The summed E-state index contributed by atoms with van der Waals surface area (Å²) in [5.74, 6) is 0.670. The summed E-state index contributed by atoms with van der Waals surface area (Å²) in [6.07, 6.45) is 0. The van der Waals surface area contributed by atoms with Crippen LogP contribution in [0.3, 0.4) is 0 Å². The van der Waals surface area contributed by atoms with E-state index >= 15 is 0 Å². The highest BCUT2D eigenvalue weighted by molar-refractivity contribution is 6.30. The second kappa shape index (κ2) is 4.72. The normalized spacial score (nSPS) is 9.57. The maximum Gasteiger partial charge on any atom is 0.312 e. The molecule has 0 spiro atoms. The van der Waals surface area contributed by atoms with E-state index in [1.807, 2.05) is 0 Å². The molecule has 0 radical (unpaired) electrons. The Bertz CT molecular complexity index is 342. The fraction of sp³-hybridized carbons (Fsp3) is 0.222. The van der Waals surface area contributed by atoms with Crippen LogP contribution >= 0.6 is 11.6 Å². The molecule has 0 aliphatic carbocycles. The number of ether oxygens (including phenoxy) is 1. The first kappa shape index (κ1) is 10.7. The van der Waals surface area contributed by atoms with E-state index in [2.05, 4.69) is 5.32 Å². The van der Waals surface area contributed by atoms with Crippen LogP contribution in [0.15, 0.2) is 18.2 Å². The van der Waals surface area contributed by atoms with Gasteiger partial charge in [-0.25, -0.2) is 4.79 Å². The Morgan fingerprint density at radius 1 is 1.64 bits per heavy atom. The van der Waals surface area contributed by atoms with Crippen molar-refractivity contribution >= 4 is 17.6 Å². The van der Waals surface area contributed by atoms with Crippen LogP contribution in [0.5, 0.6) is 5.75 Å². The summed E-state index contributed by atoms with van der Waals surface area (Å²) >= 11 is 5.79. The van der Waals surface area contributed by atoms with Gasteiger partial charge in [-0.2, -0.15) is 0 Å². The van der Waals surface area contributed by atoms with Crippen LogP contribution in [-0.4, -0.2) is 13.1 Å². The van der Waals surface area contributed by atoms with Crippen molar-refractivity contribution in [3.63, 3.8) is 0 Å². The van der Waals surface area contributed by atoms with Gasteiger partial charge in [-0.3, -0.25) is 0 Å². The van der Waals surface area contributed by atoms with E-state index in [-0.39, 0.29) is 0 Å². The Kier molecular flexibility index (Phi) is 3.59. The Hall–Kier alpha value is -1.42. The Morgan fingerprint density at radius 2 is 2.36 bits per heavy atom. The zero-order valence-corrected chi connectivity index (χ0v) is 8.47. The smallest absolute Gasteiger partial charge is 0.312 e. The molecule has 1 aromatic rings. The van der Waals surface area contributed by atoms with Crippen LogP contribution in [0.25, 0.3) is 0 Å². The molecule has 0 aliphatic heterocycles. The molecule has 0 aliphatic rings. The Labute approximate surface area is 87.0 Å². The van der Waals surface area contributed by atoms with Crippen molar-refractivity contribution in [1.29, 1.82) is 0 Å². The molecule has 0 unspecified atom stereocenters. The molecular formula is C9H11ClN2O2. The van der Waals surface area contributed by atoms with E-state index in [1.54, 1.807) is 25.3 Å².